The molecular weight excluding hydrogens is 636 g/mol. The van der Waals surface area contributed by atoms with E-state index in [9.17, 15) is 19.2 Å². The van der Waals surface area contributed by atoms with Crippen LogP contribution in [0, 0.1) is 0 Å². The van der Waals surface area contributed by atoms with E-state index in [-0.39, 0.29) is 18.2 Å². The molecule has 4 aromatic rings. The summed E-state index contributed by atoms with van der Waals surface area (Å²) in [6.45, 7) is 7.83. The fourth-order valence-electron chi connectivity index (χ4n) is 5.83. The van der Waals surface area contributed by atoms with Crippen LogP contribution in [0.3, 0.4) is 0 Å². The quantitative estimate of drug-likeness (QED) is 0.149. The number of nitrogens with one attached hydrogen (secondary N) is 2. The van der Waals surface area contributed by atoms with Gasteiger partial charge in [-0.15, -0.1) is 0 Å². The Hall–Kier alpha value is -6.68. The third kappa shape index (κ3) is 6.67. The van der Waals surface area contributed by atoms with Crippen molar-refractivity contribution < 1.29 is 38.1 Å². The van der Waals surface area contributed by atoms with Gasteiger partial charge in [0.2, 0.25) is 11.8 Å². The second kappa shape index (κ2) is 13.4. The summed E-state index contributed by atoms with van der Waals surface area (Å²) >= 11 is 0. The zero-order chi connectivity index (χ0) is 34.8. The summed E-state index contributed by atoms with van der Waals surface area (Å²) in [5.41, 5.74) is 4.62. The number of fused-ring (bicyclic) bond motifs is 4. The van der Waals surface area contributed by atoms with Gasteiger partial charge in [-0.05, 0) is 47.6 Å². The topological polar surface area (TPSA) is 129 Å². The largest absolute Gasteiger partial charge is 0.457 e. The number of carbonyl (C=O) groups is 4. The predicted octanol–water partition coefficient (Wildman–Crippen LogP) is 5.85. The van der Waals surface area contributed by atoms with Crippen molar-refractivity contribution >= 4 is 35.9 Å². The smallest absolute Gasteiger partial charge is 0.338 e. The van der Waals surface area contributed by atoms with Gasteiger partial charge < -0.3 is 29.6 Å². The fraction of sp³-hybridized carbons (Fsp3) is 0.100. The molecule has 4 aromatic carbocycles. The monoisotopic (exact) mass is 666 g/mol. The number of carbonyl (C=O) groups excluding carboxylic acids is 4. The standard InChI is InChI=1S/2C20H15NO4/c1-12-7-8-14-9-15-17(10-16(14)24-12)25-20(23)18(15)19(22)21-11-13-5-3-2-4-6-13;1-12-7-8-14-10-15-17(11-16(14)24-12)25-20(23)19(15)21-18(22)9-13-5-3-2-4-6-13/h2-10,18H,1,11H2,(H,21,22);2-8,10-11,19H,1,9H2,(H,21,22). The van der Waals surface area contributed by atoms with Crippen molar-refractivity contribution in [1.82, 2.24) is 10.6 Å². The molecule has 10 nitrogen and oxygen atoms in total. The van der Waals surface area contributed by atoms with Gasteiger partial charge in [-0.1, -0.05) is 73.8 Å². The summed E-state index contributed by atoms with van der Waals surface area (Å²) in [6, 6.07) is 24.9. The first-order valence-corrected chi connectivity index (χ1v) is 15.8. The zero-order valence-electron chi connectivity index (χ0n) is 26.6. The van der Waals surface area contributed by atoms with Gasteiger partial charge in [-0.2, -0.15) is 0 Å². The minimum Gasteiger partial charge on any atom is -0.457 e. The van der Waals surface area contributed by atoms with Crippen molar-refractivity contribution in [2.24, 2.45) is 0 Å². The Labute approximate surface area is 287 Å². The molecule has 0 fully saturated rings. The molecule has 4 heterocycles. The number of benzene rings is 4. The lowest BCUT2D eigenvalue weighted by Gasteiger charge is -2.16. The first-order valence-electron chi connectivity index (χ1n) is 15.8. The number of esters is 2. The summed E-state index contributed by atoms with van der Waals surface area (Å²) < 4.78 is 21.6. The molecule has 4 aliphatic heterocycles. The number of hydrogen-bond donors (Lipinski definition) is 2. The Morgan fingerprint density at radius 2 is 1.16 bits per heavy atom. The van der Waals surface area contributed by atoms with E-state index >= 15 is 0 Å². The molecule has 248 valence electrons. The Morgan fingerprint density at radius 1 is 0.620 bits per heavy atom. The molecule has 0 aromatic heterocycles. The predicted molar refractivity (Wildman–Crippen MR) is 184 cm³/mol. The third-order valence-corrected chi connectivity index (χ3v) is 8.26. The van der Waals surface area contributed by atoms with Gasteiger partial charge in [0.15, 0.2) is 12.0 Å². The van der Waals surface area contributed by atoms with Crippen LogP contribution in [0.2, 0.25) is 0 Å². The van der Waals surface area contributed by atoms with Gasteiger partial charge >= 0.3 is 11.9 Å². The second-order valence-electron chi connectivity index (χ2n) is 11.8. The van der Waals surface area contributed by atoms with Crippen molar-refractivity contribution in [3.8, 4) is 23.0 Å². The van der Waals surface area contributed by atoms with Crippen molar-refractivity contribution in [2.45, 2.75) is 24.9 Å². The molecule has 2 unspecified atom stereocenters. The van der Waals surface area contributed by atoms with E-state index in [2.05, 4.69) is 23.8 Å². The van der Waals surface area contributed by atoms with E-state index < -0.39 is 23.9 Å². The third-order valence-electron chi connectivity index (χ3n) is 8.26. The van der Waals surface area contributed by atoms with E-state index in [1.807, 2.05) is 72.8 Å². The van der Waals surface area contributed by atoms with E-state index in [0.717, 1.165) is 22.3 Å². The van der Waals surface area contributed by atoms with Crippen molar-refractivity contribution in [3.05, 3.63) is 155 Å². The molecule has 8 rings (SSSR count). The Kier molecular flexibility index (Phi) is 8.57. The maximum Gasteiger partial charge on any atom is 0.338 e. The van der Waals surface area contributed by atoms with Gasteiger partial charge in [0, 0.05) is 40.9 Å². The lowest BCUT2D eigenvalue weighted by molar-refractivity contribution is -0.139. The van der Waals surface area contributed by atoms with E-state index in [1.165, 1.54) is 0 Å². The zero-order valence-corrected chi connectivity index (χ0v) is 26.6. The van der Waals surface area contributed by atoms with Crippen LogP contribution >= 0.6 is 0 Å². The highest BCUT2D eigenvalue weighted by molar-refractivity contribution is 6.07. The highest BCUT2D eigenvalue weighted by atomic mass is 16.5. The van der Waals surface area contributed by atoms with Gasteiger partial charge in [0.1, 0.15) is 34.5 Å². The highest BCUT2D eigenvalue weighted by Gasteiger charge is 2.40. The minimum absolute atomic E-state index is 0.202. The minimum atomic E-state index is -0.970. The summed E-state index contributed by atoms with van der Waals surface area (Å²) in [5.74, 6) is 0.257. The average Bonchev–Trinajstić information content (AvgIpc) is 3.59. The van der Waals surface area contributed by atoms with E-state index in [1.54, 1.807) is 36.4 Å². The van der Waals surface area contributed by atoms with Gasteiger partial charge in [-0.3, -0.25) is 14.4 Å². The molecule has 0 bridgehead atoms. The summed E-state index contributed by atoms with van der Waals surface area (Å²) in [4.78, 5) is 49.2. The van der Waals surface area contributed by atoms with E-state index in [0.29, 0.717) is 52.2 Å². The number of amides is 2. The van der Waals surface area contributed by atoms with Crippen LogP contribution in [0.25, 0.3) is 12.2 Å². The molecule has 2 N–H and O–H groups in total. The molecular formula is C40H30N2O8. The van der Waals surface area contributed by atoms with Crippen molar-refractivity contribution in [2.75, 3.05) is 0 Å². The fourth-order valence-corrected chi connectivity index (χ4v) is 5.83. The van der Waals surface area contributed by atoms with Crippen LogP contribution in [0.4, 0.5) is 0 Å². The maximum absolute atomic E-state index is 12.5. The summed E-state index contributed by atoms with van der Waals surface area (Å²) in [6.07, 6.45) is 7.37. The number of hydrogen-bond acceptors (Lipinski definition) is 8. The number of ether oxygens (including phenoxy) is 4. The maximum atomic E-state index is 12.5. The van der Waals surface area contributed by atoms with Crippen LogP contribution in [0.5, 0.6) is 23.0 Å². The Morgan fingerprint density at radius 3 is 1.78 bits per heavy atom. The van der Waals surface area contributed by atoms with Gasteiger partial charge in [0.05, 0.1) is 6.42 Å². The van der Waals surface area contributed by atoms with Crippen LogP contribution < -0.4 is 29.6 Å². The van der Waals surface area contributed by atoms with Crippen molar-refractivity contribution in [1.29, 1.82) is 0 Å². The number of rotatable bonds is 6. The second-order valence-corrected chi connectivity index (χ2v) is 11.8. The molecule has 2 amide bonds. The molecule has 4 aliphatic rings. The molecule has 0 saturated carbocycles. The molecule has 10 heteroatoms. The van der Waals surface area contributed by atoms with Gasteiger partial charge in [-0.25, -0.2) is 4.79 Å². The first-order chi connectivity index (χ1) is 24.2. The Balaban J connectivity index is 0.000000157. The lowest BCUT2D eigenvalue weighted by Crippen LogP contribution is -2.33. The molecule has 2 atom stereocenters. The van der Waals surface area contributed by atoms with Crippen LogP contribution in [0.1, 0.15) is 45.3 Å². The average molecular weight is 667 g/mol. The lowest BCUT2D eigenvalue weighted by atomic mass is 9.96. The molecule has 0 saturated heterocycles. The SMILES string of the molecule is C=C1C=Cc2cc3c(cc2O1)OC(=O)C3C(=O)NCc1ccccc1.C=C1C=Cc2cc3c(cc2O1)OC(=O)C3NC(=O)Cc1ccccc1. The highest BCUT2D eigenvalue weighted by Crippen LogP contribution is 2.42. The van der Waals surface area contributed by atoms with Gasteiger partial charge in [0.25, 0.3) is 0 Å². The molecule has 0 radical (unpaired) electrons. The number of allylic oxidation sites excluding steroid dienone is 2. The summed E-state index contributed by atoms with van der Waals surface area (Å²) in [7, 11) is 0. The first kappa shape index (κ1) is 31.9. The normalized spacial score (nSPS) is 17.4. The molecule has 0 aliphatic carbocycles. The summed E-state index contributed by atoms with van der Waals surface area (Å²) in [5, 5.41) is 5.55. The molecule has 50 heavy (non-hydrogen) atoms. The Bertz CT molecular complexity index is 2140. The van der Waals surface area contributed by atoms with E-state index in [4.69, 9.17) is 18.9 Å². The van der Waals surface area contributed by atoms with Crippen LogP contribution in [0.15, 0.2) is 122 Å². The van der Waals surface area contributed by atoms with Crippen LogP contribution in [-0.4, -0.2) is 23.8 Å². The van der Waals surface area contributed by atoms with Crippen LogP contribution in [-0.2, 0) is 32.1 Å². The molecule has 0 spiro atoms. The van der Waals surface area contributed by atoms with Crippen molar-refractivity contribution in [3.63, 3.8) is 0 Å².